The van der Waals surface area contributed by atoms with Gasteiger partial charge in [0.15, 0.2) is 0 Å². The fraction of sp³-hybridized carbons (Fsp3) is 0.167. The number of carboxylic acid groups (broad SMARTS) is 1. The Kier molecular flexibility index (Phi) is 3.45. The third kappa shape index (κ3) is 2.70. The summed E-state index contributed by atoms with van der Waals surface area (Å²) in [4.78, 5) is 21.1. The van der Waals surface area contributed by atoms with E-state index in [1.807, 2.05) is 13.8 Å². The first-order chi connectivity index (χ1) is 7.41. The Hall–Kier alpha value is -2.10. The molecule has 0 radical (unpaired) electrons. The highest BCUT2D eigenvalue weighted by atomic mass is 16.4. The molecule has 1 aromatic carbocycles. The number of carboxylic acids is 1. The van der Waals surface area contributed by atoms with E-state index in [1.165, 1.54) is 0 Å². The summed E-state index contributed by atoms with van der Waals surface area (Å²) in [6.07, 6.45) is 0.701. The molecule has 0 aromatic heterocycles. The zero-order valence-electron chi connectivity index (χ0n) is 9.02. The maximum absolute atomic E-state index is 10.8. The van der Waals surface area contributed by atoms with E-state index in [0.29, 0.717) is 11.6 Å². The second-order valence-electron chi connectivity index (χ2n) is 3.50. The molecule has 0 amide bonds. The number of hydrogen-bond donors (Lipinski definition) is 2. The quantitative estimate of drug-likeness (QED) is 0.463. The molecule has 0 fully saturated rings. The number of carbonyl (C=O) groups is 2. The van der Waals surface area contributed by atoms with Crippen LogP contribution in [-0.2, 0) is 9.59 Å². The van der Waals surface area contributed by atoms with E-state index < -0.39 is 11.8 Å². The molecule has 0 saturated carbocycles. The second-order valence-corrected chi connectivity index (χ2v) is 3.50. The van der Waals surface area contributed by atoms with Crippen molar-refractivity contribution in [2.24, 2.45) is 0 Å². The number of aliphatic carboxylic acids is 1. The van der Waals surface area contributed by atoms with Gasteiger partial charge < -0.3 is 10.2 Å². The molecule has 2 N–H and O–H groups in total. The molecular formula is C12H12O4. The van der Waals surface area contributed by atoms with Crippen molar-refractivity contribution in [1.29, 1.82) is 0 Å². The van der Waals surface area contributed by atoms with Crippen LogP contribution in [0.1, 0.15) is 16.7 Å². The molecule has 0 bridgehead atoms. The first-order valence-corrected chi connectivity index (χ1v) is 4.67. The van der Waals surface area contributed by atoms with Crippen molar-refractivity contribution in [3.8, 4) is 0 Å². The van der Waals surface area contributed by atoms with Crippen LogP contribution in [0.25, 0.3) is 5.76 Å². The molecule has 0 aliphatic carbocycles. The van der Waals surface area contributed by atoms with Gasteiger partial charge in [-0.25, -0.2) is 4.79 Å². The first-order valence-electron chi connectivity index (χ1n) is 4.67. The van der Waals surface area contributed by atoms with Crippen LogP contribution < -0.4 is 0 Å². The highest BCUT2D eigenvalue weighted by Gasteiger charge is 2.10. The Morgan fingerprint density at radius 3 is 2.25 bits per heavy atom. The Morgan fingerprint density at radius 2 is 1.75 bits per heavy atom. The lowest BCUT2D eigenvalue weighted by molar-refractivity contribution is -0.146. The van der Waals surface area contributed by atoms with Crippen LogP contribution in [0.2, 0.25) is 0 Å². The molecule has 0 spiro atoms. The Labute approximate surface area is 92.8 Å². The third-order valence-electron chi connectivity index (χ3n) is 2.28. The molecule has 16 heavy (non-hydrogen) atoms. The van der Waals surface area contributed by atoms with E-state index in [1.54, 1.807) is 18.2 Å². The average molecular weight is 220 g/mol. The SMILES string of the molecule is Cc1ccc(C(O)=CC(=O)C(=O)O)cc1C. The summed E-state index contributed by atoms with van der Waals surface area (Å²) in [5, 5.41) is 17.9. The van der Waals surface area contributed by atoms with Crippen LogP contribution in [0.5, 0.6) is 0 Å². The number of aliphatic hydroxyl groups is 1. The van der Waals surface area contributed by atoms with Crippen molar-refractivity contribution < 1.29 is 19.8 Å². The van der Waals surface area contributed by atoms with Gasteiger partial charge in [-0.3, -0.25) is 4.79 Å². The summed E-state index contributed by atoms with van der Waals surface area (Å²) in [7, 11) is 0. The van der Waals surface area contributed by atoms with E-state index in [4.69, 9.17) is 5.11 Å². The highest BCUT2D eigenvalue weighted by Crippen LogP contribution is 2.15. The zero-order chi connectivity index (χ0) is 12.3. The number of rotatable bonds is 3. The Balaban J connectivity index is 3.05. The van der Waals surface area contributed by atoms with Crippen LogP contribution in [-0.4, -0.2) is 22.0 Å². The van der Waals surface area contributed by atoms with E-state index >= 15 is 0 Å². The normalized spacial score (nSPS) is 11.2. The molecule has 1 aromatic rings. The largest absolute Gasteiger partial charge is 0.507 e. The predicted molar refractivity (Wildman–Crippen MR) is 59.2 cm³/mol. The van der Waals surface area contributed by atoms with Crippen molar-refractivity contribution in [3.05, 3.63) is 41.0 Å². The summed E-state index contributed by atoms with van der Waals surface area (Å²) in [5.41, 5.74) is 2.44. The Bertz CT molecular complexity index is 472. The molecule has 0 atom stereocenters. The van der Waals surface area contributed by atoms with Gasteiger partial charge >= 0.3 is 5.97 Å². The molecule has 84 valence electrons. The van der Waals surface area contributed by atoms with Crippen molar-refractivity contribution in [2.75, 3.05) is 0 Å². The van der Waals surface area contributed by atoms with Crippen LogP contribution in [0, 0.1) is 13.8 Å². The molecular weight excluding hydrogens is 208 g/mol. The lowest BCUT2D eigenvalue weighted by Gasteiger charge is -2.03. The minimum atomic E-state index is -1.59. The maximum Gasteiger partial charge on any atom is 0.376 e. The number of carbonyl (C=O) groups excluding carboxylic acids is 1. The number of hydrogen-bond acceptors (Lipinski definition) is 3. The molecule has 0 unspecified atom stereocenters. The lowest BCUT2D eigenvalue weighted by atomic mass is 10.0. The number of benzene rings is 1. The van der Waals surface area contributed by atoms with Gasteiger partial charge in [0.1, 0.15) is 5.76 Å². The van der Waals surface area contributed by atoms with Crippen molar-refractivity contribution in [3.63, 3.8) is 0 Å². The van der Waals surface area contributed by atoms with Crippen molar-refractivity contribution in [1.82, 2.24) is 0 Å². The lowest BCUT2D eigenvalue weighted by Crippen LogP contribution is -2.09. The molecule has 1 rings (SSSR count). The van der Waals surface area contributed by atoms with E-state index in [9.17, 15) is 14.7 Å². The van der Waals surface area contributed by atoms with Crippen LogP contribution >= 0.6 is 0 Å². The minimum Gasteiger partial charge on any atom is -0.507 e. The zero-order valence-corrected chi connectivity index (χ0v) is 9.02. The topological polar surface area (TPSA) is 74.6 Å². The molecule has 0 saturated heterocycles. The van der Waals surface area contributed by atoms with Crippen molar-refractivity contribution >= 4 is 17.5 Å². The number of ketones is 1. The van der Waals surface area contributed by atoms with Crippen LogP contribution in [0.3, 0.4) is 0 Å². The third-order valence-corrected chi connectivity index (χ3v) is 2.28. The highest BCUT2D eigenvalue weighted by molar-refractivity contribution is 6.38. The van der Waals surface area contributed by atoms with E-state index in [2.05, 4.69) is 0 Å². The van der Waals surface area contributed by atoms with Gasteiger partial charge in [0, 0.05) is 11.6 Å². The van der Waals surface area contributed by atoms with Gasteiger partial charge in [-0.1, -0.05) is 12.1 Å². The van der Waals surface area contributed by atoms with Gasteiger partial charge in [-0.2, -0.15) is 0 Å². The van der Waals surface area contributed by atoms with Crippen LogP contribution in [0.15, 0.2) is 24.3 Å². The maximum atomic E-state index is 10.8. The monoisotopic (exact) mass is 220 g/mol. The minimum absolute atomic E-state index is 0.337. The van der Waals surface area contributed by atoms with Gasteiger partial charge in [-0.05, 0) is 31.0 Å². The summed E-state index contributed by atoms with van der Waals surface area (Å²) in [5.74, 6) is -3.07. The fourth-order valence-corrected chi connectivity index (χ4v) is 1.17. The first kappa shape index (κ1) is 12.0. The van der Waals surface area contributed by atoms with Crippen molar-refractivity contribution in [2.45, 2.75) is 13.8 Å². The summed E-state index contributed by atoms with van der Waals surface area (Å²) < 4.78 is 0. The summed E-state index contributed by atoms with van der Waals surface area (Å²) >= 11 is 0. The van der Waals surface area contributed by atoms with Gasteiger partial charge in [-0.15, -0.1) is 0 Å². The number of aryl methyl sites for hydroxylation is 2. The predicted octanol–water partition coefficient (Wildman–Crippen LogP) is 1.86. The van der Waals surface area contributed by atoms with E-state index in [0.717, 1.165) is 11.1 Å². The van der Waals surface area contributed by atoms with Gasteiger partial charge in [0.05, 0.1) is 0 Å². The van der Waals surface area contributed by atoms with Gasteiger partial charge in [0.2, 0.25) is 0 Å². The van der Waals surface area contributed by atoms with E-state index in [-0.39, 0.29) is 5.76 Å². The smallest absolute Gasteiger partial charge is 0.376 e. The van der Waals surface area contributed by atoms with Crippen LogP contribution in [0.4, 0.5) is 0 Å². The van der Waals surface area contributed by atoms with Gasteiger partial charge in [0.25, 0.3) is 5.78 Å². The summed E-state index contributed by atoms with van der Waals surface area (Å²) in [6.45, 7) is 3.79. The second kappa shape index (κ2) is 4.61. The average Bonchev–Trinajstić information content (AvgIpc) is 2.21. The Morgan fingerprint density at radius 1 is 1.12 bits per heavy atom. The summed E-state index contributed by atoms with van der Waals surface area (Å²) in [6, 6.07) is 5.11. The number of aliphatic hydroxyl groups excluding tert-OH is 1. The standard InChI is InChI=1S/C12H12O4/c1-7-3-4-9(5-8(7)2)10(13)6-11(14)12(15)16/h3-6,13H,1-2H3,(H,15,16). The fourth-order valence-electron chi connectivity index (χ4n) is 1.17. The molecule has 0 aliphatic rings. The molecule has 0 heterocycles. The molecule has 4 heteroatoms. The molecule has 0 aliphatic heterocycles. The molecule has 4 nitrogen and oxygen atoms in total.